The van der Waals surface area contributed by atoms with Gasteiger partial charge in [0.05, 0.1) is 6.04 Å². The molecule has 0 fully saturated rings. The van der Waals surface area contributed by atoms with Crippen LogP contribution in [0.2, 0.25) is 0 Å². The average Bonchev–Trinajstić information content (AvgIpc) is 2.80. The summed E-state index contributed by atoms with van der Waals surface area (Å²) in [4.78, 5) is 13.5. The van der Waals surface area contributed by atoms with Crippen molar-refractivity contribution in [2.75, 3.05) is 5.75 Å². The average molecular weight is 340 g/mol. The molecule has 1 aliphatic rings. The molecular formula is C21H25NOS. The zero-order valence-electron chi connectivity index (χ0n) is 14.4. The molecule has 3 heteroatoms. The van der Waals surface area contributed by atoms with Crippen molar-refractivity contribution < 1.29 is 4.79 Å². The molecule has 0 amide bonds. The fourth-order valence-electron chi connectivity index (χ4n) is 3.33. The van der Waals surface area contributed by atoms with Gasteiger partial charge in [0, 0.05) is 29.0 Å². The second-order valence-electron chi connectivity index (χ2n) is 6.52. The highest BCUT2D eigenvalue weighted by atomic mass is 32.2. The predicted octanol–water partition coefficient (Wildman–Crippen LogP) is 4.99. The lowest BCUT2D eigenvalue weighted by molar-refractivity contribution is -0.120. The Labute approximate surface area is 149 Å². The number of thioether (sulfide) groups is 1. The summed E-state index contributed by atoms with van der Waals surface area (Å²) in [6, 6.07) is 19.3. The molecule has 24 heavy (non-hydrogen) atoms. The van der Waals surface area contributed by atoms with Crippen LogP contribution >= 0.6 is 11.8 Å². The summed E-state index contributed by atoms with van der Waals surface area (Å²) in [5, 5.41) is 3.88. The van der Waals surface area contributed by atoms with Crippen LogP contribution in [0.1, 0.15) is 50.3 Å². The van der Waals surface area contributed by atoms with E-state index in [0.717, 1.165) is 12.2 Å². The third-order valence-electron chi connectivity index (χ3n) is 4.92. The molecule has 0 spiro atoms. The highest BCUT2D eigenvalue weighted by molar-refractivity contribution is 7.99. The van der Waals surface area contributed by atoms with Gasteiger partial charge in [0.1, 0.15) is 5.78 Å². The van der Waals surface area contributed by atoms with Crippen LogP contribution in [0.15, 0.2) is 59.5 Å². The zero-order valence-corrected chi connectivity index (χ0v) is 15.2. The first-order valence-corrected chi connectivity index (χ1v) is 9.72. The number of fused-ring (bicyclic) bond motifs is 1. The van der Waals surface area contributed by atoms with E-state index in [1.807, 2.05) is 18.7 Å². The molecule has 0 bridgehead atoms. The highest BCUT2D eigenvalue weighted by Crippen LogP contribution is 2.40. The second-order valence-corrected chi connectivity index (χ2v) is 7.53. The van der Waals surface area contributed by atoms with Crippen molar-refractivity contribution in [3.05, 3.63) is 65.7 Å². The summed E-state index contributed by atoms with van der Waals surface area (Å²) in [7, 11) is 0. The maximum absolute atomic E-state index is 12.2. The number of benzene rings is 2. The van der Waals surface area contributed by atoms with Gasteiger partial charge in [-0.2, -0.15) is 0 Å². The third kappa shape index (κ3) is 3.57. The van der Waals surface area contributed by atoms with E-state index in [9.17, 15) is 4.79 Å². The normalized spacial score (nSPS) is 23.3. The van der Waals surface area contributed by atoms with Crippen LogP contribution in [-0.4, -0.2) is 17.1 Å². The molecule has 1 aliphatic heterocycles. The topological polar surface area (TPSA) is 29.1 Å². The van der Waals surface area contributed by atoms with Gasteiger partial charge in [-0.15, -0.1) is 11.8 Å². The van der Waals surface area contributed by atoms with E-state index in [0.29, 0.717) is 18.6 Å². The molecule has 1 N–H and O–H groups in total. The van der Waals surface area contributed by atoms with Gasteiger partial charge in [-0.05, 0) is 23.6 Å². The van der Waals surface area contributed by atoms with Crippen molar-refractivity contribution in [2.45, 2.75) is 49.6 Å². The number of carbonyl (C=O) groups excluding carboxylic acids is 1. The summed E-state index contributed by atoms with van der Waals surface area (Å²) < 4.78 is 0. The molecule has 3 rings (SSSR count). The van der Waals surface area contributed by atoms with Crippen molar-refractivity contribution in [3.8, 4) is 0 Å². The standard InChI is InChI=1S/C21H25NOS/c1-3-17(23)14-21(4-2)15-24-19-13-9-8-12-18(19)20(22-21)16-10-6-5-7-11-16/h5-13,20,22H,3-4,14-15H2,1-2H3/t20-,21-/m0/s1. The van der Waals surface area contributed by atoms with Gasteiger partial charge in [-0.25, -0.2) is 0 Å². The van der Waals surface area contributed by atoms with Gasteiger partial charge in [-0.1, -0.05) is 62.4 Å². The Morgan fingerprint density at radius 3 is 2.54 bits per heavy atom. The molecule has 126 valence electrons. The fourth-order valence-corrected chi connectivity index (χ4v) is 4.68. The summed E-state index contributed by atoms with van der Waals surface area (Å²) in [6.07, 6.45) is 2.16. The summed E-state index contributed by atoms with van der Waals surface area (Å²) >= 11 is 1.88. The van der Waals surface area contributed by atoms with Crippen molar-refractivity contribution in [1.29, 1.82) is 0 Å². The van der Waals surface area contributed by atoms with E-state index in [4.69, 9.17) is 0 Å². The van der Waals surface area contributed by atoms with E-state index in [2.05, 4.69) is 66.8 Å². The maximum atomic E-state index is 12.2. The van der Waals surface area contributed by atoms with Crippen molar-refractivity contribution in [2.24, 2.45) is 0 Å². The molecule has 2 atom stereocenters. The molecule has 2 aromatic rings. The number of nitrogens with one attached hydrogen (secondary N) is 1. The number of ketones is 1. The molecule has 0 saturated heterocycles. The minimum Gasteiger partial charge on any atom is -0.300 e. The van der Waals surface area contributed by atoms with Crippen LogP contribution in [0.5, 0.6) is 0 Å². The Bertz CT molecular complexity index is 700. The Morgan fingerprint density at radius 1 is 1.12 bits per heavy atom. The predicted molar refractivity (Wildman–Crippen MR) is 102 cm³/mol. The Balaban J connectivity index is 2.03. The van der Waals surface area contributed by atoms with Gasteiger partial charge < -0.3 is 0 Å². The second kappa shape index (κ2) is 7.54. The summed E-state index contributed by atoms with van der Waals surface area (Å²) in [5.74, 6) is 1.26. The summed E-state index contributed by atoms with van der Waals surface area (Å²) in [6.45, 7) is 4.15. The molecular weight excluding hydrogens is 314 g/mol. The number of rotatable bonds is 5. The lowest BCUT2D eigenvalue weighted by atomic mass is 9.87. The number of Topliss-reactive ketones (excluding diaryl/α,β-unsaturated/α-hetero) is 1. The van der Waals surface area contributed by atoms with E-state index in [1.165, 1.54) is 16.0 Å². The molecule has 2 nitrogen and oxygen atoms in total. The van der Waals surface area contributed by atoms with Crippen LogP contribution in [0, 0.1) is 0 Å². The van der Waals surface area contributed by atoms with E-state index in [1.54, 1.807) is 0 Å². The highest BCUT2D eigenvalue weighted by Gasteiger charge is 2.37. The Hall–Kier alpha value is -1.58. The monoisotopic (exact) mass is 339 g/mol. The van der Waals surface area contributed by atoms with Crippen molar-refractivity contribution >= 4 is 17.5 Å². The molecule has 0 saturated carbocycles. The largest absolute Gasteiger partial charge is 0.300 e. The van der Waals surface area contributed by atoms with Gasteiger partial charge in [-0.3, -0.25) is 10.1 Å². The SMILES string of the molecule is CCC(=O)C[C@@]1(CC)CSc2ccccc2[C@H](c2ccccc2)N1. The first kappa shape index (κ1) is 17.2. The third-order valence-corrected chi connectivity index (χ3v) is 6.30. The number of carbonyl (C=O) groups is 1. The van der Waals surface area contributed by atoms with Crippen molar-refractivity contribution in [3.63, 3.8) is 0 Å². The van der Waals surface area contributed by atoms with Crippen LogP contribution in [0.4, 0.5) is 0 Å². The first-order valence-electron chi connectivity index (χ1n) is 8.73. The molecule has 0 radical (unpaired) electrons. The van der Waals surface area contributed by atoms with Crippen LogP contribution in [-0.2, 0) is 4.79 Å². The van der Waals surface area contributed by atoms with Crippen LogP contribution in [0.3, 0.4) is 0 Å². The Kier molecular flexibility index (Phi) is 5.42. The minimum absolute atomic E-state index is 0.127. The van der Waals surface area contributed by atoms with Gasteiger partial charge >= 0.3 is 0 Å². The molecule has 1 heterocycles. The Morgan fingerprint density at radius 2 is 1.83 bits per heavy atom. The van der Waals surface area contributed by atoms with E-state index in [-0.39, 0.29) is 11.6 Å². The number of hydrogen-bond acceptors (Lipinski definition) is 3. The first-order chi connectivity index (χ1) is 11.7. The molecule has 0 aliphatic carbocycles. The maximum Gasteiger partial charge on any atom is 0.134 e. The van der Waals surface area contributed by atoms with Crippen molar-refractivity contribution in [1.82, 2.24) is 5.32 Å². The smallest absolute Gasteiger partial charge is 0.134 e. The van der Waals surface area contributed by atoms with Gasteiger partial charge in [0.15, 0.2) is 0 Å². The molecule has 2 aromatic carbocycles. The summed E-state index contributed by atoms with van der Waals surface area (Å²) in [5.41, 5.74) is 2.42. The number of hydrogen-bond donors (Lipinski definition) is 1. The van der Waals surface area contributed by atoms with E-state index < -0.39 is 0 Å². The van der Waals surface area contributed by atoms with Gasteiger partial charge in [0.2, 0.25) is 0 Å². The molecule has 0 unspecified atom stereocenters. The lowest BCUT2D eigenvalue weighted by Crippen LogP contribution is -2.49. The van der Waals surface area contributed by atoms with Gasteiger partial charge in [0.25, 0.3) is 0 Å². The minimum atomic E-state index is -0.155. The quantitative estimate of drug-likeness (QED) is 0.832. The lowest BCUT2D eigenvalue weighted by Gasteiger charge is -2.35. The molecule has 0 aromatic heterocycles. The van der Waals surface area contributed by atoms with E-state index >= 15 is 0 Å². The van der Waals surface area contributed by atoms with Crippen LogP contribution in [0.25, 0.3) is 0 Å². The van der Waals surface area contributed by atoms with Crippen LogP contribution < -0.4 is 5.32 Å². The zero-order chi connectivity index (χ0) is 17.0. The fraction of sp³-hybridized carbons (Fsp3) is 0.381.